The van der Waals surface area contributed by atoms with Crippen LogP contribution in [0.1, 0.15) is 20.8 Å². The Balaban J connectivity index is 2.06. The van der Waals surface area contributed by atoms with E-state index < -0.39 is 0 Å². The van der Waals surface area contributed by atoms with E-state index in [0.717, 1.165) is 0 Å². The summed E-state index contributed by atoms with van der Waals surface area (Å²) in [6.07, 6.45) is 0. The highest BCUT2D eigenvalue weighted by molar-refractivity contribution is 8.00. The quantitative estimate of drug-likeness (QED) is 0.213. The fourth-order valence-electron chi connectivity index (χ4n) is 4.07. The lowest BCUT2D eigenvalue weighted by atomic mass is 9.93. The van der Waals surface area contributed by atoms with Gasteiger partial charge in [-0.3, -0.25) is 0 Å². The SMILES string of the molecule is CC(C)(C)Sc1cc2ccc3ccccc3c2c2c1ccc1ccccc12. The third kappa shape index (κ3) is 2.78. The van der Waals surface area contributed by atoms with Crippen molar-refractivity contribution in [3.63, 3.8) is 0 Å². The summed E-state index contributed by atoms with van der Waals surface area (Å²) in [7, 11) is 0. The molecule has 0 fully saturated rings. The Bertz CT molecular complexity index is 1320. The Hall–Kier alpha value is -2.51. The Labute approximate surface area is 164 Å². The molecule has 0 heterocycles. The highest BCUT2D eigenvalue weighted by Gasteiger charge is 2.17. The van der Waals surface area contributed by atoms with Gasteiger partial charge in [0, 0.05) is 9.64 Å². The smallest absolute Gasteiger partial charge is 0.0162 e. The molecule has 0 bridgehead atoms. The maximum atomic E-state index is 2.38. The van der Waals surface area contributed by atoms with E-state index in [9.17, 15) is 0 Å². The van der Waals surface area contributed by atoms with Gasteiger partial charge in [0.2, 0.25) is 0 Å². The van der Waals surface area contributed by atoms with Gasteiger partial charge in [-0.05, 0) is 49.2 Å². The van der Waals surface area contributed by atoms with Crippen LogP contribution < -0.4 is 0 Å². The predicted molar refractivity (Wildman–Crippen MR) is 122 cm³/mol. The van der Waals surface area contributed by atoms with Crippen LogP contribution in [0.4, 0.5) is 0 Å². The van der Waals surface area contributed by atoms with Gasteiger partial charge in [-0.25, -0.2) is 0 Å². The van der Waals surface area contributed by atoms with Gasteiger partial charge in [0.15, 0.2) is 0 Å². The van der Waals surface area contributed by atoms with E-state index in [4.69, 9.17) is 0 Å². The monoisotopic (exact) mass is 366 g/mol. The molecule has 5 aromatic rings. The minimum Gasteiger partial charge on any atom is -0.120 e. The van der Waals surface area contributed by atoms with Gasteiger partial charge in [-0.2, -0.15) is 0 Å². The van der Waals surface area contributed by atoms with E-state index in [1.165, 1.54) is 48.0 Å². The summed E-state index contributed by atoms with van der Waals surface area (Å²) >= 11 is 1.96. The molecule has 1 heteroatoms. The Morgan fingerprint density at radius 1 is 0.556 bits per heavy atom. The maximum absolute atomic E-state index is 2.38. The van der Waals surface area contributed by atoms with Gasteiger partial charge >= 0.3 is 0 Å². The van der Waals surface area contributed by atoms with Gasteiger partial charge in [0.25, 0.3) is 0 Å². The molecule has 0 aliphatic rings. The van der Waals surface area contributed by atoms with Crippen molar-refractivity contribution in [3.05, 3.63) is 78.9 Å². The number of rotatable bonds is 1. The first kappa shape index (κ1) is 16.6. The van der Waals surface area contributed by atoms with Crippen molar-refractivity contribution < 1.29 is 0 Å². The van der Waals surface area contributed by atoms with Crippen molar-refractivity contribution in [1.82, 2.24) is 0 Å². The van der Waals surface area contributed by atoms with E-state index in [1.54, 1.807) is 0 Å². The standard InChI is InChI=1S/C26H22S/c1-26(2,3)27-23-16-19-13-12-17-8-4-6-10-20(17)24(19)25-21-11-7-5-9-18(21)14-15-22(23)25/h4-16H,1-3H3. The molecule has 0 nitrogen and oxygen atoms in total. The van der Waals surface area contributed by atoms with E-state index in [0.29, 0.717) is 0 Å². The minimum absolute atomic E-state index is 0.170. The molecule has 0 aliphatic carbocycles. The summed E-state index contributed by atoms with van der Waals surface area (Å²) in [6.45, 7) is 6.86. The third-order valence-electron chi connectivity index (χ3n) is 5.11. The zero-order valence-corrected chi connectivity index (χ0v) is 16.7. The van der Waals surface area contributed by atoms with E-state index >= 15 is 0 Å². The summed E-state index contributed by atoms with van der Waals surface area (Å²) in [4.78, 5) is 1.37. The largest absolute Gasteiger partial charge is 0.120 e. The number of hydrogen-bond acceptors (Lipinski definition) is 1. The lowest BCUT2D eigenvalue weighted by Gasteiger charge is -2.21. The Morgan fingerprint density at radius 2 is 1.11 bits per heavy atom. The Morgan fingerprint density at radius 3 is 1.78 bits per heavy atom. The van der Waals surface area contributed by atoms with Crippen molar-refractivity contribution in [2.45, 2.75) is 30.4 Å². The fraction of sp³-hybridized carbons (Fsp3) is 0.154. The molecule has 0 saturated carbocycles. The highest BCUT2D eigenvalue weighted by atomic mass is 32.2. The molecular formula is C26H22S. The normalized spacial score (nSPS) is 12.4. The molecule has 5 aromatic carbocycles. The van der Waals surface area contributed by atoms with Gasteiger partial charge < -0.3 is 0 Å². The van der Waals surface area contributed by atoms with Crippen LogP contribution in [0, 0.1) is 0 Å². The fourth-order valence-corrected chi connectivity index (χ4v) is 5.19. The zero-order chi connectivity index (χ0) is 18.6. The molecule has 5 rings (SSSR count). The molecule has 0 spiro atoms. The maximum Gasteiger partial charge on any atom is 0.0162 e. The molecule has 0 N–H and O–H groups in total. The second kappa shape index (κ2) is 6.00. The zero-order valence-electron chi connectivity index (χ0n) is 15.9. The predicted octanol–water partition coefficient (Wildman–Crippen LogP) is 8.19. The van der Waals surface area contributed by atoms with Gasteiger partial charge in [0.1, 0.15) is 0 Å². The van der Waals surface area contributed by atoms with Crippen LogP contribution >= 0.6 is 11.8 Å². The van der Waals surface area contributed by atoms with Crippen LogP contribution in [0.3, 0.4) is 0 Å². The molecule has 132 valence electrons. The first-order chi connectivity index (χ1) is 13.0. The molecule has 0 amide bonds. The summed E-state index contributed by atoms with van der Waals surface area (Å²) in [5.41, 5.74) is 0. The number of fused-ring (bicyclic) bond motifs is 7. The van der Waals surface area contributed by atoms with E-state index in [-0.39, 0.29) is 4.75 Å². The molecule has 0 aliphatic heterocycles. The van der Waals surface area contributed by atoms with Crippen LogP contribution in [0.25, 0.3) is 43.1 Å². The van der Waals surface area contributed by atoms with Crippen LogP contribution in [-0.4, -0.2) is 4.75 Å². The van der Waals surface area contributed by atoms with E-state index in [2.05, 4.69) is 99.6 Å². The second-order valence-electron chi connectivity index (χ2n) is 8.18. The summed E-state index contributed by atoms with van der Waals surface area (Å²) in [5.74, 6) is 0. The van der Waals surface area contributed by atoms with Crippen molar-refractivity contribution >= 4 is 54.9 Å². The van der Waals surface area contributed by atoms with Crippen LogP contribution in [0.5, 0.6) is 0 Å². The molecule has 0 aromatic heterocycles. The molecule has 27 heavy (non-hydrogen) atoms. The number of benzene rings is 5. The average Bonchev–Trinajstić information content (AvgIpc) is 2.66. The molecular weight excluding hydrogens is 344 g/mol. The van der Waals surface area contributed by atoms with Crippen LogP contribution in [0.15, 0.2) is 83.8 Å². The van der Waals surface area contributed by atoms with Gasteiger partial charge in [0.05, 0.1) is 0 Å². The van der Waals surface area contributed by atoms with E-state index in [1.807, 2.05) is 11.8 Å². The van der Waals surface area contributed by atoms with Gasteiger partial charge in [-0.1, -0.05) is 93.6 Å². The topological polar surface area (TPSA) is 0 Å². The molecule has 0 radical (unpaired) electrons. The highest BCUT2D eigenvalue weighted by Crippen LogP contribution is 2.44. The van der Waals surface area contributed by atoms with Crippen molar-refractivity contribution in [1.29, 1.82) is 0 Å². The van der Waals surface area contributed by atoms with Crippen LogP contribution in [-0.2, 0) is 0 Å². The summed E-state index contributed by atoms with van der Waals surface area (Å²) in [5, 5.41) is 10.7. The van der Waals surface area contributed by atoms with Crippen molar-refractivity contribution in [2.75, 3.05) is 0 Å². The third-order valence-corrected chi connectivity index (χ3v) is 6.28. The lowest BCUT2D eigenvalue weighted by molar-refractivity contribution is 0.803. The number of hydrogen-bond donors (Lipinski definition) is 0. The minimum atomic E-state index is 0.170. The summed E-state index contributed by atoms with van der Waals surface area (Å²) in [6, 6.07) is 29.0. The molecule has 0 unspecified atom stereocenters. The van der Waals surface area contributed by atoms with Crippen molar-refractivity contribution in [3.8, 4) is 0 Å². The molecule has 0 atom stereocenters. The Kier molecular flexibility index (Phi) is 3.70. The first-order valence-corrected chi connectivity index (χ1v) is 10.3. The summed E-state index contributed by atoms with van der Waals surface area (Å²) < 4.78 is 0.170. The van der Waals surface area contributed by atoms with Crippen LogP contribution in [0.2, 0.25) is 0 Å². The van der Waals surface area contributed by atoms with Crippen molar-refractivity contribution in [2.24, 2.45) is 0 Å². The number of thioether (sulfide) groups is 1. The van der Waals surface area contributed by atoms with Gasteiger partial charge in [-0.15, -0.1) is 11.8 Å². The average molecular weight is 367 g/mol. The molecule has 0 saturated heterocycles. The second-order valence-corrected chi connectivity index (χ2v) is 10.1. The first-order valence-electron chi connectivity index (χ1n) is 9.46. The lowest BCUT2D eigenvalue weighted by Crippen LogP contribution is -2.06.